The van der Waals surface area contributed by atoms with Gasteiger partial charge in [0, 0.05) is 38.9 Å². The van der Waals surface area contributed by atoms with Crippen molar-refractivity contribution < 1.29 is 4.79 Å². The van der Waals surface area contributed by atoms with E-state index in [4.69, 9.17) is 0 Å². The zero-order valence-corrected chi connectivity index (χ0v) is 12.7. The van der Waals surface area contributed by atoms with E-state index in [2.05, 4.69) is 28.2 Å². The monoisotopic (exact) mass is 288 g/mol. The molecule has 2 unspecified atom stereocenters. The summed E-state index contributed by atoms with van der Waals surface area (Å²) in [5.41, 5.74) is 1.10. The maximum absolute atomic E-state index is 12.5. The molecule has 0 spiro atoms. The molecule has 2 aliphatic rings. The van der Waals surface area contributed by atoms with Gasteiger partial charge >= 0.3 is 0 Å². The Hall–Kier alpha value is -1.46. The number of amides is 1. The van der Waals surface area contributed by atoms with Crippen LogP contribution in [0.25, 0.3) is 0 Å². The van der Waals surface area contributed by atoms with Gasteiger partial charge in [0.1, 0.15) is 0 Å². The van der Waals surface area contributed by atoms with Crippen LogP contribution in [-0.4, -0.2) is 59.5 Å². The molecule has 0 radical (unpaired) electrons. The third kappa shape index (κ3) is 3.41. The van der Waals surface area contributed by atoms with Crippen molar-refractivity contribution in [1.82, 2.24) is 20.1 Å². The normalized spacial score (nSPS) is 27.0. The molecule has 1 N–H and O–H groups in total. The molecule has 0 aliphatic carbocycles. The lowest BCUT2D eigenvalue weighted by Crippen LogP contribution is -2.53. The first-order chi connectivity index (χ1) is 10.2. The smallest absolute Gasteiger partial charge is 0.240 e. The average Bonchev–Trinajstić information content (AvgIpc) is 2.94. The van der Waals surface area contributed by atoms with Gasteiger partial charge in [-0.05, 0) is 31.0 Å². The fourth-order valence-corrected chi connectivity index (χ4v) is 3.21. The highest BCUT2D eigenvalue weighted by atomic mass is 16.2. The highest BCUT2D eigenvalue weighted by Crippen LogP contribution is 2.17. The van der Waals surface area contributed by atoms with E-state index in [1.165, 1.54) is 0 Å². The topological polar surface area (TPSA) is 48.5 Å². The van der Waals surface area contributed by atoms with Crippen LogP contribution in [0.15, 0.2) is 24.4 Å². The van der Waals surface area contributed by atoms with Gasteiger partial charge in [-0.25, -0.2) is 0 Å². The second-order valence-electron chi connectivity index (χ2n) is 6.12. The van der Waals surface area contributed by atoms with E-state index in [0.717, 1.165) is 51.4 Å². The largest absolute Gasteiger partial charge is 0.339 e. The van der Waals surface area contributed by atoms with E-state index in [1.807, 2.05) is 23.2 Å². The van der Waals surface area contributed by atoms with Crippen molar-refractivity contribution in [3.8, 4) is 0 Å². The first kappa shape index (κ1) is 14.5. The summed E-state index contributed by atoms with van der Waals surface area (Å²) in [6, 6.07) is 6.06. The standard InChI is InChI=1S/C16H24N4O/c1-13-5-7-18-15(13)16(21)20-10-8-19(9-11-20)12-14-4-2-3-6-17-14/h2-4,6,13,15,18H,5,7-12H2,1H3. The first-order valence-electron chi connectivity index (χ1n) is 7.88. The Morgan fingerprint density at radius 3 is 2.76 bits per heavy atom. The number of hydrogen-bond acceptors (Lipinski definition) is 4. The minimum Gasteiger partial charge on any atom is -0.339 e. The predicted molar refractivity (Wildman–Crippen MR) is 81.7 cm³/mol. The van der Waals surface area contributed by atoms with Gasteiger partial charge in [-0.15, -0.1) is 0 Å². The van der Waals surface area contributed by atoms with Crippen LogP contribution in [0.5, 0.6) is 0 Å². The molecular formula is C16H24N4O. The van der Waals surface area contributed by atoms with Crippen LogP contribution in [0.3, 0.4) is 0 Å². The van der Waals surface area contributed by atoms with E-state index in [-0.39, 0.29) is 11.9 Å². The quantitative estimate of drug-likeness (QED) is 0.890. The molecule has 1 aromatic rings. The molecule has 2 fully saturated rings. The molecule has 2 aliphatic heterocycles. The van der Waals surface area contributed by atoms with Gasteiger partial charge in [-0.1, -0.05) is 13.0 Å². The molecule has 3 heterocycles. The van der Waals surface area contributed by atoms with Gasteiger partial charge in [-0.2, -0.15) is 0 Å². The van der Waals surface area contributed by atoms with E-state index in [9.17, 15) is 4.79 Å². The van der Waals surface area contributed by atoms with Crippen LogP contribution < -0.4 is 5.32 Å². The molecule has 2 atom stereocenters. The maximum atomic E-state index is 12.5. The maximum Gasteiger partial charge on any atom is 0.240 e. The van der Waals surface area contributed by atoms with Gasteiger partial charge in [0.25, 0.3) is 0 Å². The van der Waals surface area contributed by atoms with Gasteiger partial charge in [-0.3, -0.25) is 14.7 Å². The van der Waals surface area contributed by atoms with Crippen LogP contribution in [-0.2, 0) is 11.3 Å². The third-order valence-electron chi connectivity index (χ3n) is 4.59. The summed E-state index contributed by atoms with van der Waals surface area (Å²) in [7, 11) is 0. The Bertz CT molecular complexity index is 470. The van der Waals surface area contributed by atoms with E-state index in [1.54, 1.807) is 0 Å². The van der Waals surface area contributed by atoms with Gasteiger partial charge in [0.15, 0.2) is 0 Å². The molecule has 1 amide bonds. The lowest BCUT2D eigenvalue weighted by atomic mass is 10.0. The van der Waals surface area contributed by atoms with Crippen LogP contribution in [0, 0.1) is 5.92 Å². The van der Waals surface area contributed by atoms with Crippen LogP contribution in [0.4, 0.5) is 0 Å². The van der Waals surface area contributed by atoms with Crippen molar-refractivity contribution in [2.75, 3.05) is 32.7 Å². The number of nitrogens with one attached hydrogen (secondary N) is 1. The molecule has 0 saturated carbocycles. The summed E-state index contributed by atoms with van der Waals surface area (Å²) in [5, 5.41) is 3.34. The van der Waals surface area contributed by atoms with Crippen molar-refractivity contribution in [1.29, 1.82) is 0 Å². The minimum atomic E-state index is 0.0346. The Morgan fingerprint density at radius 2 is 2.14 bits per heavy atom. The van der Waals surface area contributed by atoms with Crippen molar-refractivity contribution in [3.05, 3.63) is 30.1 Å². The molecule has 0 aromatic carbocycles. The highest BCUT2D eigenvalue weighted by Gasteiger charge is 2.33. The van der Waals surface area contributed by atoms with Crippen molar-refractivity contribution in [3.63, 3.8) is 0 Å². The average molecular weight is 288 g/mol. The summed E-state index contributed by atoms with van der Waals surface area (Å²) >= 11 is 0. The van der Waals surface area contributed by atoms with Gasteiger partial charge in [0.2, 0.25) is 5.91 Å². The second-order valence-corrected chi connectivity index (χ2v) is 6.12. The zero-order valence-electron chi connectivity index (χ0n) is 12.7. The molecule has 0 bridgehead atoms. The van der Waals surface area contributed by atoms with Crippen LogP contribution in [0.1, 0.15) is 19.0 Å². The number of carbonyl (C=O) groups is 1. The predicted octanol–water partition coefficient (Wildman–Crippen LogP) is 0.724. The number of hydrogen-bond donors (Lipinski definition) is 1. The fraction of sp³-hybridized carbons (Fsp3) is 0.625. The zero-order chi connectivity index (χ0) is 14.7. The molecular weight excluding hydrogens is 264 g/mol. The van der Waals surface area contributed by atoms with E-state index in [0.29, 0.717) is 5.92 Å². The summed E-state index contributed by atoms with van der Waals surface area (Å²) in [6.07, 6.45) is 2.94. The number of piperazine rings is 1. The molecule has 3 rings (SSSR count). The number of pyridine rings is 1. The van der Waals surface area contributed by atoms with Gasteiger partial charge < -0.3 is 10.2 Å². The molecule has 5 nitrogen and oxygen atoms in total. The van der Waals surface area contributed by atoms with E-state index >= 15 is 0 Å². The number of nitrogens with zero attached hydrogens (tertiary/aromatic N) is 3. The number of aromatic nitrogens is 1. The SMILES string of the molecule is CC1CCNC1C(=O)N1CCN(Cc2ccccn2)CC1. The van der Waals surface area contributed by atoms with Gasteiger partial charge in [0.05, 0.1) is 11.7 Å². The molecule has 21 heavy (non-hydrogen) atoms. The first-order valence-corrected chi connectivity index (χ1v) is 7.88. The molecule has 114 valence electrons. The lowest BCUT2D eigenvalue weighted by Gasteiger charge is -2.36. The van der Waals surface area contributed by atoms with Crippen molar-refractivity contribution in [2.24, 2.45) is 5.92 Å². The minimum absolute atomic E-state index is 0.0346. The number of carbonyl (C=O) groups excluding carboxylic acids is 1. The molecule has 5 heteroatoms. The Morgan fingerprint density at radius 1 is 1.33 bits per heavy atom. The van der Waals surface area contributed by atoms with Crippen molar-refractivity contribution >= 4 is 5.91 Å². The molecule has 2 saturated heterocycles. The highest BCUT2D eigenvalue weighted by molar-refractivity contribution is 5.82. The summed E-state index contributed by atoms with van der Waals surface area (Å²) in [6.45, 7) is 7.54. The Labute approximate surface area is 126 Å². The summed E-state index contributed by atoms with van der Waals surface area (Å²) in [4.78, 5) is 21.3. The van der Waals surface area contributed by atoms with Crippen LogP contribution >= 0.6 is 0 Å². The van der Waals surface area contributed by atoms with Crippen molar-refractivity contribution in [2.45, 2.75) is 25.9 Å². The molecule has 1 aromatic heterocycles. The Balaban J connectivity index is 1.50. The lowest BCUT2D eigenvalue weighted by molar-refractivity contribution is -0.135. The summed E-state index contributed by atoms with van der Waals surface area (Å²) < 4.78 is 0. The fourth-order valence-electron chi connectivity index (χ4n) is 3.21. The Kier molecular flexibility index (Phi) is 4.51. The third-order valence-corrected chi connectivity index (χ3v) is 4.59. The number of rotatable bonds is 3. The summed E-state index contributed by atoms with van der Waals surface area (Å²) in [5.74, 6) is 0.751. The van der Waals surface area contributed by atoms with Crippen LogP contribution in [0.2, 0.25) is 0 Å². The second kappa shape index (κ2) is 6.54. The van der Waals surface area contributed by atoms with E-state index < -0.39 is 0 Å².